The highest BCUT2D eigenvalue weighted by molar-refractivity contribution is 6.04. The molecule has 0 saturated carbocycles. The van der Waals surface area contributed by atoms with Crippen molar-refractivity contribution in [1.29, 1.82) is 0 Å². The summed E-state index contributed by atoms with van der Waals surface area (Å²) < 4.78 is 0. The van der Waals surface area contributed by atoms with Gasteiger partial charge in [0.1, 0.15) is 11.5 Å². The zero-order valence-corrected chi connectivity index (χ0v) is 19.4. The number of H-pyrrole nitrogens is 1. The number of aromatic nitrogens is 4. The van der Waals surface area contributed by atoms with Gasteiger partial charge in [-0.1, -0.05) is 60.7 Å². The van der Waals surface area contributed by atoms with Crippen molar-refractivity contribution in [2.75, 3.05) is 0 Å². The Hall–Kier alpha value is -4.03. The van der Waals surface area contributed by atoms with Crippen LogP contribution in [0.4, 0.5) is 0 Å². The molecule has 2 aromatic carbocycles. The van der Waals surface area contributed by atoms with Gasteiger partial charge in [-0.2, -0.15) is 0 Å². The maximum Gasteiger partial charge on any atom is 0.186 e. The first-order valence-corrected chi connectivity index (χ1v) is 11.4. The van der Waals surface area contributed by atoms with Crippen molar-refractivity contribution in [2.24, 2.45) is 0 Å². The summed E-state index contributed by atoms with van der Waals surface area (Å²) >= 11 is 0. The quantitative estimate of drug-likeness (QED) is 0.358. The number of benzene rings is 2. The molecule has 0 fully saturated rings. The molecule has 3 heterocycles. The van der Waals surface area contributed by atoms with Gasteiger partial charge in [-0.25, -0.2) is 4.98 Å². The summed E-state index contributed by atoms with van der Waals surface area (Å²) in [6.45, 7) is 3.50. The first kappa shape index (κ1) is 21.8. The number of aryl methyl sites for hydroxylation is 1. The van der Waals surface area contributed by atoms with Crippen molar-refractivity contribution in [3.63, 3.8) is 0 Å². The van der Waals surface area contributed by atoms with Gasteiger partial charge in [0.15, 0.2) is 7.98 Å². The Labute approximate surface area is 201 Å². The molecule has 0 unspecified atom stereocenters. The number of imidazole rings is 1. The minimum atomic E-state index is 0.688. The predicted octanol–water partition coefficient (Wildman–Crippen LogP) is 5.06. The molecule has 0 spiro atoms. The van der Waals surface area contributed by atoms with Gasteiger partial charge in [-0.3, -0.25) is 9.97 Å². The fraction of sp³-hybridized carbons (Fsp3) is 0.107. The molecule has 0 aliphatic heterocycles. The van der Waals surface area contributed by atoms with E-state index in [0.29, 0.717) is 6.54 Å². The Balaban J connectivity index is 1.43. The minimum absolute atomic E-state index is 0.688. The van der Waals surface area contributed by atoms with Gasteiger partial charge in [0, 0.05) is 36.7 Å². The third-order valence-electron chi connectivity index (χ3n) is 5.81. The lowest BCUT2D eigenvalue weighted by atomic mass is 9.99. The number of hydrogen-bond donors (Lipinski definition) is 1. The highest BCUT2D eigenvalue weighted by Crippen LogP contribution is 2.30. The molecule has 5 nitrogen and oxygen atoms in total. The molecule has 0 aliphatic carbocycles. The molecule has 5 rings (SSSR count). The second-order valence-corrected chi connectivity index (χ2v) is 8.50. The molecule has 34 heavy (non-hydrogen) atoms. The van der Waals surface area contributed by atoms with Crippen LogP contribution in [0.2, 0.25) is 0 Å². The first-order chi connectivity index (χ1) is 16.7. The summed E-state index contributed by atoms with van der Waals surface area (Å²) in [5.41, 5.74) is 8.50. The highest BCUT2D eigenvalue weighted by Gasteiger charge is 2.17. The maximum absolute atomic E-state index is 4.98. The second kappa shape index (κ2) is 9.85. The number of nitrogens with zero attached hydrogens (tertiary/aromatic N) is 4. The molecule has 0 aliphatic rings. The van der Waals surface area contributed by atoms with E-state index >= 15 is 0 Å². The van der Waals surface area contributed by atoms with Crippen molar-refractivity contribution in [3.8, 4) is 33.8 Å². The number of rotatable bonds is 7. The monoisotopic (exact) mass is 443 g/mol. The normalized spacial score (nSPS) is 11.1. The average Bonchev–Trinajstić information content (AvgIpc) is 3.29. The lowest BCUT2D eigenvalue weighted by Gasteiger charge is -2.18. The lowest BCUT2D eigenvalue weighted by Crippen LogP contribution is -2.20. The van der Waals surface area contributed by atoms with E-state index in [1.165, 1.54) is 16.7 Å². The van der Waals surface area contributed by atoms with Crippen molar-refractivity contribution in [2.45, 2.75) is 20.0 Å². The van der Waals surface area contributed by atoms with E-state index in [9.17, 15) is 0 Å². The van der Waals surface area contributed by atoms with Crippen LogP contribution in [0.3, 0.4) is 0 Å². The Morgan fingerprint density at radius 3 is 2.32 bits per heavy atom. The van der Waals surface area contributed by atoms with E-state index < -0.39 is 0 Å². The highest BCUT2D eigenvalue weighted by atomic mass is 15.1. The molecule has 0 amide bonds. The van der Waals surface area contributed by atoms with E-state index in [0.717, 1.165) is 40.7 Å². The zero-order valence-electron chi connectivity index (χ0n) is 19.4. The van der Waals surface area contributed by atoms with E-state index in [-0.39, 0.29) is 0 Å². The van der Waals surface area contributed by atoms with Gasteiger partial charge in [0.25, 0.3) is 0 Å². The molecular weight excluding hydrogens is 417 g/mol. The van der Waals surface area contributed by atoms with Crippen molar-refractivity contribution >= 4 is 7.98 Å². The Morgan fingerprint density at radius 2 is 1.53 bits per heavy atom. The van der Waals surface area contributed by atoms with Crippen molar-refractivity contribution in [3.05, 3.63) is 114 Å². The van der Waals surface area contributed by atoms with Gasteiger partial charge in [-0.15, -0.1) is 0 Å². The summed E-state index contributed by atoms with van der Waals surface area (Å²) in [5, 5.41) is 0. The Morgan fingerprint density at radius 1 is 0.765 bits per heavy atom. The van der Waals surface area contributed by atoms with Crippen molar-refractivity contribution in [1.82, 2.24) is 24.7 Å². The molecule has 0 bridgehead atoms. The van der Waals surface area contributed by atoms with Gasteiger partial charge in [0.05, 0.1) is 11.4 Å². The van der Waals surface area contributed by atoms with E-state index in [4.69, 9.17) is 9.97 Å². The van der Waals surface area contributed by atoms with Crippen LogP contribution in [0.5, 0.6) is 0 Å². The fourth-order valence-corrected chi connectivity index (χ4v) is 4.24. The number of pyridine rings is 2. The summed E-state index contributed by atoms with van der Waals surface area (Å²) in [5.74, 6) is 0.907. The van der Waals surface area contributed by atoms with Gasteiger partial charge >= 0.3 is 0 Å². The number of aromatic amines is 1. The molecule has 6 heteroatoms. The smallest absolute Gasteiger partial charge is 0.186 e. The standard InChI is InChI=1S/C28H26BN5/c1-20-8-7-13-25(31-20)28-27(22-14-16-30-17-15-22)32-26(33-28)19-34(29)18-23-11-5-6-12-24(23)21-9-3-2-4-10-21/h2-17H,18-19,29H2,1H3,(H,32,33). The lowest BCUT2D eigenvalue weighted by molar-refractivity contribution is 0.433. The Kier molecular flexibility index (Phi) is 6.32. The van der Waals surface area contributed by atoms with Crippen LogP contribution in [-0.2, 0) is 13.1 Å². The Bertz CT molecular complexity index is 1380. The molecule has 5 aromatic rings. The van der Waals surface area contributed by atoms with Gasteiger partial charge < -0.3 is 9.79 Å². The van der Waals surface area contributed by atoms with E-state index in [1.54, 1.807) is 12.4 Å². The molecule has 1 N–H and O–H groups in total. The molecule has 3 aromatic heterocycles. The largest absolute Gasteiger partial charge is 0.340 e. The number of nitrogens with one attached hydrogen (secondary N) is 1. The van der Waals surface area contributed by atoms with Crippen LogP contribution < -0.4 is 0 Å². The van der Waals surface area contributed by atoms with Crippen LogP contribution in [-0.4, -0.2) is 32.7 Å². The SMILES string of the molecule is BN(Cc1nc(-c2cccc(C)n2)c(-c2ccncc2)[nH]1)Cc1ccccc1-c1ccccc1. The van der Waals surface area contributed by atoms with Crippen LogP contribution in [0.15, 0.2) is 97.3 Å². The van der Waals surface area contributed by atoms with E-state index in [1.807, 2.05) is 37.3 Å². The third kappa shape index (κ3) is 4.82. The molecule has 166 valence electrons. The third-order valence-corrected chi connectivity index (χ3v) is 5.81. The summed E-state index contributed by atoms with van der Waals surface area (Å²) in [4.78, 5) is 19.7. The van der Waals surface area contributed by atoms with Gasteiger partial charge in [0.2, 0.25) is 0 Å². The maximum atomic E-state index is 4.98. The molecular formula is C28H26BN5. The van der Waals surface area contributed by atoms with Crippen molar-refractivity contribution < 1.29 is 0 Å². The molecule has 0 saturated heterocycles. The topological polar surface area (TPSA) is 57.7 Å². The summed E-state index contributed by atoms with van der Waals surface area (Å²) in [6.07, 6.45) is 3.60. The average molecular weight is 443 g/mol. The van der Waals surface area contributed by atoms with E-state index in [2.05, 4.69) is 77.4 Å². The van der Waals surface area contributed by atoms with Gasteiger partial charge in [-0.05, 0) is 47.9 Å². The molecule has 0 atom stereocenters. The van der Waals surface area contributed by atoms with Crippen LogP contribution in [0.1, 0.15) is 17.1 Å². The number of hydrogen-bond acceptors (Lipinski definition) is 4. The minimum Gasteiger partial charge on any atom is -0.340 e. The molecule has 0 radical (unpaired) electrons. The summed E-state index contributed by atoms with van der Waals surface area (Å²) in [6, 6.07) is 29.2. The summed E-state index contributed by atoms with van der Waals surface area (Å²) in [7, 11) is 2.13. The van der Waals surface area contributed by atoms with Crippen LogP contribution >= 0.6 is 0 Å². The fourth-order valence-electron chi connectivity index (χ4n) is 4.24. The second-order valence-electron chi connectivity index (χ2n) is 8.50. The zero-order chi connectivity index (χ0) is 23.3. The van der Waals surface area contributed by atoms with Crippen LogP contribution in [0, 0.1) is 6.92 Å². The predicted molar refractivity (Wildman–Crippen MR) is 139 cm³/mol. The van der Waals surface area contributed by atoms with Crippen LogP contribution in [0.25, 0.3) is 33.8 Å². The first-order valence-electron chi connectivity index (χ1n) is 11.4.